The second-order valence-electron chi connectivity index (χ2n) is 2.98. The first kappa shape index (κ1) is 12.3. The molecule has 0 aromatic carbocycles. The Morgan fingerprint density at radius 3 is 2.62 bits per heavy atom. The molecular weight excluding hydrogens is 170 g/mol. The van der Waals surface area contributed by atoms with Gasteiger partial charge in [0.2, 0.25) is 5.91 Å². The highest BCUT2D eigenvalue weighted by Gasteiger charge is 2.10. The Morgan fingerprint density at radius 2 is 2.23 bits per heavy atom. The molecule has 0 saturated carbocycles. The van der Waals surface area contributed by atoms with E-state index < -0.39 is 0 Å². The van der Waals surface area contributed by atoms with Gasteiger partial charge in [0.25, 0.3) is 0 Å². The third-order valence-corrected chi connectivity index (χ3v) is 1.61. The molecule has 1 amide bonds. The number of nitrogens with zero attached hydrogens (tertiary/aromatic N) is 1. The van der Waals surface area contributed by atoms with Crippen molar-refractivity contribution in [3.63, 3.8) is 0 Å². The summed E-state index contributed by atoms with van der Waals surface area (Å²) in [6.45, 7) is 3.87. The smallest absolute Gasteiger partial charge is 0.231 e. The van der Waals surface area contributed by atoms with E-state index in [4.69, 9.17) is 16.2 Å². The molecule has 4 N–H and O–H groups in total. The van der Waals surface area contributed by atoms with Crippen molar-refractivity contribution in [1.29, 1.82) is 0 Å². The van der Waals surface area contributed by atoms with Crippen LogP contribution in [0, 0.1) is 0 Å². The molecule has 5 nitrogen and oxygen atoms in total. The van der Waals surface area contributed by atoms with E-state index in [9.17, 15) is 4.79 Å². The van der Waals surface area contributed by atoms with E-state index in [1.165, 1.54) is 0 Å². The summed E-state index contributed by atoms with van der Waals surface area (Å²) >= 11 is 0. The van der Waals surface area contributed by atoms with Gasteiger partial charge in [-0.2, -0.15) is 0 Å². The number of nitrogens with two attached hydrogens (primary N) is 2. The first-order chi connectivity index (χ1) is 6.10. The standard InChI is InChI=1S/C8H19N3O2/c1-3-13-7(4-9)5-11(2)6-8(10)12/h7H,3-6,9H2,1-2H3,(H2,10,12). The van der Waals surface area contributed by atoms with Crippen molar-refractivity contribution in [1.82, 2.24) is 4.90 Å². The molecule has 0 aromatic rings. The minimum absolute atomic E-state index is 0.0191. The van der Waals surface area contributed by atoms with Gasteiger partial charge >= 0.3 is 0 Å². The van der Waals surface area contributed by atoms with Gasteiger partial charge < -0.3 is 16.2 Å². The zero-order valence-electron chi connectivity index (χ0n) is 8.32. The Morgan fingerprint density at radius 1 is 1.62 bits per heavy atom. The number of hydrogen-bond donors (Lipinski definition) is 2. The number of amides is 1. The van der Waals surface area contributed by atoms with Crippen molar-refractivity contribution < 1.29 is 9.53 Å². The fourth-order valence-electron chi connectivity index (χ4n) is 1.11. The van der Waals surface area contributed by atoms with Crippen LogP contribution in [0.1, 0.15) is 6.92 Å². The number of primary amides is 1. The molecule has 0 aliphatic rings. The Hall–Kier alpha value is -0.650. The molecule has 1 unspecified atom stereocenters. The van der Waals surface area contributed by atoms with Gasteiger partial charge in [0.15, 0.2) is 0 Å². The normalized spacial score (nSPS) is 13.2. The molecule has 0 heterocycles. The molecule has 0 aliphatic carbocycles. The highest BCUT2D eigenvalue weighted by Crippen LogP contribution is 1.93. The van der Waals surface area contributed by atoms with Crippen LogP contribution in [0.3, 0.4) is 0 Å². The quantitative estimate of drug-likeness (QED) is 0.525. The van der Waals surface area contributed by atoms with Gasteiger partial charge in [-0.05, 0) is 14.0 Å². The van der Waals surface area contributed by atoms with Crippen LogP contribution in [-0.4, -0.2) is 50.2 Å². The molecule has 78 valence electrons. The lowest BCUT2D eigenvalue weighted by molar-refractivity contribution is -0.119. The van der Waals surface area contributed by atoms with Crippen LogP contribution in [0.5, 0.6) is 0 Å². The molecule has 0 bridgehead atoms. The van der Waals surface area contributed by atoms with Crippen LogP contribution >= 0.6 is 0 Å². The van der Waals surface area contributed by atoms with E-state index in [2.05, 4.69) is 0 Å². The first-order valence-electron chi connectivity index (χ1n) is 4.38. The Bertz CT molecular complexity index is 152. The lowest BCUT2D eigenvalue weighted by Crippen LogP contribution is -2.40. The summed E-state index contributed by atoms with van der Waals surface area (Å²) in [6.07, 6.45) is -0.0191. The number of carbonyl (C=O) groups excluding carboxylic acids is 1. The van der Waals surface area contributed by atoms with E-state index >= 15 is 0 Å². The van der Waals surface area contributed by atoms with Crippen LogP contribution in [0.25, 0.3) is 0 Å². The monoisotopic (exact) mass is 189 g/mol. The summed E-state index contributed by atoms with van der Waals surface area (Å²) in [6, 6.07) is 0. The number of likely N-dealkylation sites (N-methyl/N-ethyl adjacent to an activating group) is 1. The number of hydrogen-bond acceptors (Lipinski definition) is 4. The Balaban J connectivity index is 3.72. The van der Waals surface area contributed by atoms with Crippen LogP contribution in [-0.2, 0) is 9.53 Å². The van der Waals surface area contributed by atoms with Crippen molar-refractivity contribution in [3.8, 4) is 0 Å². The van der Waals surface area contributed by atoms with Crippen molar-refractivity contribution in [2.24, 2.45) is 11.5 Å². The maximum atomic E-state index is 10.5. The molecule has 0 saturated heterocycles. The number of ether oxygens (including phenoxy) is 1. The lowest BCUT2D eigenvalue weighted by atomic mass is 10.3. The van der Waals surface area contributed by atoms with E-state index in [0.29, 0.717) is 19.7 Å². The molecule has 5 heteroatoms. The van der Waals surface area contributed by atoms with Crippen LogP contribution in [0.4, 0.5) is 0 Å². The molecule has 0 spiro atoms. The molecule has 0 fully saturated rings. The van der Waals surface area contributed by atoms with Gasteiger partial charge in [0, 0.05) is 19.7 Å². The fraction of sp³-hybridized carbons (Fsp3) is 0.875. The predicted octanol–water partition coefficient (Wildman–Crippen LogP) is -1.23. The predicted molar refractivity (Wildman–Crippen MR) is 51.2 cm³/mol. The van der Waals surface area contributed by atoms with E-state index in [1.54, 1.807) is 4.90 Å². The molecule has 0 aliphatic heterocycles. The van der Waals surface area contributed by atoms with Gasteiger partial charge in [-0.25, -0.2) is 0 Å². The van der Waals surface area contributed by atoms with Crippen LogP contribution < -0.4 is 11.5 Å². The third-order valence-electron chi connectivity index (χ3n) is 1.61. The van der Waals surface area contributed by atoms with E-state index in [1.807, 2.05) is 14.0 Å². The minimum atomic E-state index is -0.338. The summed E-state index contributed by atoms with van der Waals surface area (Å²) in [5, 5.41) is 0. The van der Waals surface area contributed by atoms with Crippen molar-refractivity contribution in [3.05, 3.63) is 0 Å². The molecule has 13 heavy (non-hydrogen) atoms. The number of rotatable bonds is 7. The maximum Gasteiger partial charge on any atom is 0.231 e. The zero-order chi connectivity index (χ0) is 10.3. The van der Waals surface area contributed by atoms with Gasteiger partial charge in [-0.3, -0.25) is 9.69 Å². The van der Waals surface area contributed by atoms with E-state index in [0.717, 1.165) is 0 Å². The topological polar surface area (TPSA) is 81.6 Å². The van der Waals surface area contributed by atoms with Crippen molar-refractivity contribution in [2.45, 2.75) is 13.0 Å². The van der Waals surface area contributed by atoms with Gasteiger partial charge in [0.05, 0.1) is 12.6 Å². The molecule has 0 aromatic heterocycles. The SMILES string of the molecule is CCOC(CN)CN(C)CC(N)=O. The molecule has 0 rings (SSSR count). The molecule has 1 atom stereocenters. The largest absolute Gasteiger partial charge is 0.376 e. The highest BCUT2D eigenvalue weighted by atomic mass is 16.5. The summed E-state index contributed by atoms with van der Waals surface area (Å²) in [5.41, 5.74) is 10.5. The second-order valence-corrected chi connectivity index (χ2v) is 2.98. The average Bonchev–Trinajstić information content (AvgIpc) is 2.02. The summed E-state index contributed by atoms with van der Waals surface area (Å²) in [4.78, 5) is 12.3. The minimum Gasteiger partial charge on any atom is -0.376 e. The van der Waals surface area contributed by atoms with Crippen molar-refractivity contribution in [2.75, 3.05) is 33.3 Å². The van der Waals surface area contributed by atoms with Crippen molar-refractivity contribution >= 4 is 5.91 Å². The Labute approximate surface area is 79.0 Å². The zero-order valence-corrected chi connectivity index (χ0v) is 8.32. The van der Waals surface area contributed by atoms with E-state index in [-0.39, 0.29) is 18.6 Å². The first-order valence-corrected chi connectivity index (χ1v) is 4.38. The Kier molecular flexibility index (Phi) is 6.48. The van der Waals surface area contributed by atoms with Crippen LogP contribution in [0.2, 0.25) is 0 Å². The maximum absolute atomic E-state index is 10.5. The molecular formula is C8H19N3O2. The summed E-state index contributed by atoms with van der Waals surface area (Å²) in [5.74, 6) is -0.338. The summed E-state index contributed by atoms with van der Waals surface area (Å²) < 4.78 is 5.32. The third kappa shape index (κ3) is 6.51. The van der Waals surface area contributed by atoms with Gasteiger partial charge in [0.1, 0.15) is 0 Å². The lowest BCUT2D eigenvalue weighted by Gasteiger charge is -2.21. The molecule has 0 radical (unpaired) electrons. The summed E-state index contributed by atoms with van der Waals surface area (Å²) in [7, 11) is 1.81. The fourth-order valence-corrected chi connectivity index (χ4v) is 1.11. The average molecular weight is 189 g/mol. The number of carbonyl (C=O) groups is 1. The highest BCUT2D eigenvalue weighted by molar-refractivity contribution is 5.75. The van der Waals surface area contributed by atoms with Crippen LogP contribution in [0.15, 0.2) is 0 Å². The van der Waals surface area contributed by atoms with Gasteiger partial charge in [-0.15, -0.1) is 0 Å². The second kappa shape index (κ2) is 6.82. The van der Waals surface area contributed by atoms with Gasteiger partial charge in [-0.1, -0.05) is 0 Å².